The van der Waals surface area contributed by atoms with Crippen LogP contribution in [0.3, 0.4) is 0 Å². The van der Waals surface area contributed by atoms with Crippen LogP contribution in [0, 0.1) is 12.7 Å². The van der Waals surface area contributed by atoms with Crippen molar-refractivity contribution in [3.05, 3.63) is 29.5 Å². The Morgan fingerprint density at radius 1 is 1.50 bits per heavy atom. The van der Waals surface area contributed by atoms with Crippen molar-refractivity contribution >= 4 is 5.82 Å². The van der Waals surface area contributed by atoms with Gasteiger partial charge in [-0.15, -0.1) is 0 Å². The summed E-state index contributed by atoms with van der Waals surface area (Å²) < 4.78 is 13.5. The molecule has 1 aliphatic heterocycles. The topological polar surface area (TPSA) is 49.8 Å². The van der Waals surface area contributed by atoms with Crippen molar-refractivity contribution in [1.82, 2.24) is 15.3 Å². The molecular weight excluding hydrogens is 207 g/mol. The Kier molecular flexibility index (Phi) is 3.46. The van der Waals surface area contributed by atoms with Crippen molar-refractivity contribution in [3.63, 3.8) is 0 Å². The normalized spacial score (nSPS) is 15.8. The van der Waals surface area contributed by atoms with Crippen LogP contribution in [0.4, 0.5) is 10.2 Å². The Balaban J connectivity index is 1.99. The van der Waals surface area contributed by atoms with Crippen LogP contribution < -0.4 is 10.6 Å². The fourth-order valence-corrected chi connectivity index (χ4v) is 1.61. The van der Waals surface area contributed by atoms with Crippen LogP contribution >= 0.6 is 0 Å². The highest BCUT2D eigenvalue weighted by Gasteiger charge is 2.08. The zero-order chi connectivity index (χ0) is 11.4. The molecule has 0 atom stereocenters. The van der Waals surface area contributed by atoms with Crippen molar-refractivity contribution in [1.29, 1.82) is 0 Å². The Morgan fingerprint density at radius 2 is 2.38 bits per heavy atom. The van der Waals surface area contributed by atoms with E-state index in [1.54, 1.807) is 6.92 Å². The van der Waals surface area contributed by atoms with E-state index in [0.29, 0.717) is 12.2 Å². The molecule has 5 heteroatoms. The molecular formula is C11H15FN4. The summed E-state index contributed by atoms with van der Waals surface area (Å²) in [5.74, 6) is -0.0797. The first-order chi connectivity index (χ1) is 7.77. The Morgan fingerprint density at radius 3 is 3.12 bits per heavy atom. The van der Waals surface area contributed by atoms with Gasteiger partial charge in [0.1, 0.15) is 6.33 Å². The maximum Gasteiger partial charge on any atom is 0.186 e. The van der Waals surface area contributed by atoms with Gasteiger partial charge in [0.25, 0.3) is 0 Å². The molecule has 0 saturated carbocycles. The zero-order valence-corrected chi connectivity index (χ0v) is 9.26. The van der Waals surface area contributed by atoms with Crippen LogP contribution in [0.15, 0.2) is 18.0 Å². The van der Waals surface area contributed by atoms with Crippen LogP contribution in [-0.2, 0) is 0 Å². The second-order valence-corrected chi connectivity index (χ2v) is 3.79. The van der Waals surface area contributed by atoms with E-state index in [4.69, 9.17) is 0 Å². The van der Waals surface area contributed by atoms with Crippen molar-refractivity contribution in [3.8, 4) is 0 Å². The number of nitrogens with zero attached hydrogens (tertiary/aromatic N) is 2. The van der Waals surface area contributed by atoms with Gasteiger partial charge in [-0.1, -0.05) is 11.6 Å². The summed E-state index contributed by atoms with van der Waals surface area (Å²) in [6, 6.07) is 0. The summed E-state index contributed by atoms with van der Waals surface area (Å²) in [5.41, 5.74) is 1.66. The first-order valence-electron chi connectivity index (χ1n) is 5.37. The molecule has 2 heterocycles. The fraction of sp³-hybridized carbons (Fsp3) is 0.455. The second-order valence-electron chi connectivity index (χ2n) is 3.79. The van der Waals surface area contributed by atoms with Gasteiger partial charge in [0, 0.05) is 13.1 Å². The minimum atomic E-state index is -0.364. The van der Waals surface area contributed by atoms with Gasteiger partial charge in [0.05, 0.1) is 5.69 Å². The predicted molar refractivity (Wildman–Crippen MR) is 60.8 cm³/mol. The molecule has 2 N–H and O–H groups in total. The lowest BCUT2D eigenvalue weighted by atomic mass is 10.1. The molecule has 0 bridgehead atoms. The van der Waals surface area contributed by atoms with Gasteiger partial charge < -0.3 is 10.6 Å². The first kappa shape index (κ1) is 11.0. The van der Waals surface area contributed by atoms with Gasteiger partial charge in [0.2, 0.25) is 0 Å². The molecule has 0 saturated heterocycles. The minimum absolute atomic E-state index is 0.284. The van der Waals surface area contributed by atoms with Crippen LogP contribution in [0.2, 0.25) is 0 Å². The van der Waals surface area contributed by atoms with Crippen molar-refractivity contribution in [2.45, 2.75) is 13.3 Å². The number of nitrogens with one attached hydrogen (secondary N) is 2. The van der Waals surface area contributed by atoms with E-state index in [1.807, 2.05) is 0 Å². The average molecular weight is 222 g/mol. The third kappa shape index (κ3) is 2.55. The Bertz CT molecular complexity index is 403. The summed E-state index contributed by atoms with van der Waals surface area (Å²) in [4.78, 5) is 7.67. The summed E-state index contributed by atoms with van der Waals surface area (Å²) in [6.07, 6.45) is 4.50. The molecule has 1 aromatic heterocycles. The molecule has 4 nitrogen and oxygen atoms in total. The highest BCUT2D eigenvalue weighted by Crippen LogP contribution is 2.13. The monoisotopic (exact) mass is 222 g/mol. The van der Waals surface area contributed by atoms with E-state index in [0.717, 1.165) is 19.5 Å². The molecule has 0 radical (unpaired) electrons. The average Bonchev–Trinajstić information content (AvgIpc) is 2.32. The Labute approximate surface area is 94.0 Å². The van der Waals surface area contributed by atoms with Crippen LogP contribution in [-0.4, -0.2) is 29.6 Å². The molecule has 86 valence electrons. The number of anilines is 1. The molecule has 16 heavy (non-hydrogen) atoms. The number of hydrogen-bond donors (Lipinski definition) is 2. The predicted octanol–water partition coefficient (Wildman–Crippen LogP) is 1.26. The summed E-state index contributed by atoms with van der Waals surface area (Å²) in [7, 11) is 0. The van der Waals surface area contributed by atoms with Crippen molar-refractivity contribution in [2.24, 2.45) is 0 Å². The van der Waals surface area contributed by atoms with E-state index in [1.165, 1.54) is 11.9 Å². The van der Waals surface area contributed by atoms with Gasteiger partial charge in [-0.2, -0.15) is 0 Å². The van der Waals surface area contributed by atoms with Crippen LogP contribution in [0.1, 0.15) is 12.1 Å². The van der Waals surface area contributed by atoms with Crippen LogP contribution in [0.25, 0.3) is 0 Å². The SMILES string of the molecule is Cc1ncnc(NCC2=CCNCC2)c1F. The standard InChI is InChI=1S/C11H15FN4/c1-8-10(12)11(16-7-15-8)14-6-9-2-4-13-5-3-9/h2,7,13H,3-6H2,1H3,(H,14,15,16). The van der Waals surface area contributed by atoms with Crippen molar-refractivity contribution < 1.29 is 4.39 Å². The van der Waals surface area contributed by atoms with E-state index in [9.17, 15) is 4.39 Å². The zero-order valence-electron chi connectivity index (χ0n) is 9.26. The summed E-state index contributed by atoms with van der Waals surface area (Å²) in [6.45, 7) is 4.15. The molecule has 0 aromatic carbocycles. The lowest BCUT2D eigenvalue weighted by Crippen LogP contribution is -2.23. The van der Waals surface area contributed by atoms with E-state index in [2.05, 4.69) is 26.7 Å². The smallest absolute Gasteiger partial charge is 0.186 e. The largest absolute Gasteiger partial charge is 0.364 e. The molecule has 2 rings (SSSR count). The number of hydrogen-bond acceptors (Lipinski definition) is 4. The Hall–Kier alpha value is -1.49. The van der Waals surface area contributed by atoms with E-state index >= 15 is 0 Å². The second kappa shape index (κ2) is 5.03. The van der Waals surface area contributed by atoms with Gasteiger partial charge in [-0.25, -0.2) is 14.4 Å². The van der Waals surface area contributed by atoms with Gasteiger partial charge in [0.15, 0.2) is 11.6 Å². The number of aryl methyl sites for hydroxylation is 1. The molecule has 0 amide bonds. The first-order valence-corrected chi connectivity index (χ1v) is 5.37. The molecule has 0 spiro atoms. The van der Waals surface area contributed by atoms with E-state index in [-0.39, 0.29) is 11.6 Å². The summed E-state index contributed by atoms with van der Waals surface area (Å²) in [5, 5.41) is 6.23. The molecule has 0 aliphatic carbocycles. The maximum absolute atomic E-state index is 13.5. The third-order valence-corrected chi connectivity index (χ3v) is 2.60. The molecule has 1 aliphatic rings. The highest BCUT2D eigenvalue weighted by molar-refractivity contribution is 5.38. The lowest BCUT2D eigenvalue weighted by molar-refractivity contribution is 0.604. The number of aromatic nitrogens is 2. The van der Waals surface area contributed by atoms with Crippen molar-refractivity contribution in [2.75, 3.05) is 25.0 Å². The maximum atomic E-state index is 13.5. The van der Waals surface area contributed by atoms with Gasteiger partial charge >= 0.3 is 0 Å². The minimum Gasteiger partial charge on any atom is -0.364 e. The lowest BCUT2D eigenvalue weighted by Gasteiger charge is -2.15. The highest BCUT2D eigenvalue weighted by atomic mass is 19.1. The quantitative estimate of drug-likeness (QED) is 0.756. The molecule has 0 fully saturated rings. The fourth-order valence-electron chi connectivity index (χ4n) is 1.61. The summed E-state index contributed by atoms with van der Waals surface area (Å²) >= 11 is 0. The third-order valence-electron chi connectivity index (χ3n) is 2.60. The molecule has 1 aromatic rings. The van der Waals surface area contributed by atoms with Crippen LogP contribution in [0.5, 0.6) is 0 Å². The van der Waals surface area contributed by atoms with Gasteiger partial charge in [-0.3, -0.25) is 0 Å². The van der Waals surface area contributed by atoms with Gasteiger partial charge in [-0.05, 0) is 19.9 Å². The molecule has 0 unspecified atom stereocenters. The van der Waals surface area contributed by atoms with E-state index < -0.39 is 0 Å². The number of halogens is 1. The number of rotatable bonds is 3.